The van der Waals surface area contributed by atoms with Gasteiger partial charge in [-0.15, -0.1) is 0 Å². The van der Waals surface area contributed by atoms with Gasteiger partial charge in [-0.1, -0.05) is 12.1 Å². The first-order valence-corrected chi connectivity index (χ1v) is 5.77. The lowest BCUT2D eigenvalue weighted by molar-refractivity contribution is 0.477. The summed E-state index contributed by atoms with van der Waals surface area (Å²) in [6, 6.07) is 9.14. The topological polar surface area (TPSA) is 50.4 Å². The van der Waals surface area contributed by atoms with Gasteiger partial charge in [-0.3, -0.25) is 0 Å². The van der Waals surface area contributed by atoms with Gasteiger partial charge in [0.05, 0.1) is 11.9 Å². The molecule has 2 aromatic heterocycles. The molecule has 3 aromatic rings. The fourth-order valence-electron chi connectivity index (χ4n) is 2.05. The van der Waals surface area contributed by atoms with Crippen LogP contribution in [-0.4, -0.2) is 19.7 Å². The molecule has 1 N–H and O–H groups in total. The van der Waals surface area contributed by atoms with E-state index in [4.69, 9.17) is 0 Å². The van der Waals surface area contributed by atoms with Crippen LogP contribution in [0.3, 0.4) is 0 Å². The van der Waals surface area contributed by atoms with Crippen LogP contribution in [0.2, 0.25) is 0 Å². The Balaban J connectivity index is 2.31. The van der Waals surface area contributed by atoms with Crippen LogP contribution in [0.1, 0.15) is 11.3 Å². The number of phenols is 1. The molecule has 0 spiro atoms. The molecule has 0 saturated carbocycles. The van der Waals surface area contributed by atoms with E-state index in [1.54, 1.807) is 22.8 Å². The minimum atomic E-state index is 0.242. The van der Waals surface area contributed by atoms with Crippen molar-refractivity contribution in [1.82, 2.24) is 14.6 Å². The lowest BCUT2D eigenvalue weighted by atomic mass is 10.1. The first kappa shape index (κ1) is 10.8. The van der Waals surface area contributed by atoms with Gasteiger partial charge in [0.2, 0.25) is 0 Å². The Hall–Kier alpha value is -2.36. The molecule has 0 aliphatic heterocycles. The molecule has 4 heteroatoms. The number of benzene rings is 1. The molecule has 0 radical (unpaired) electrons. The summed E-state index contributed by atoms with van der Waals surface area (Å²) >= 11 is 0. The van der Waals surface area contributed by atoms with Crippen molar-refractivity contribution in [3.8, 4) is 17.0 Å². The van der Waals surface area contributed by atoms with Crippen LogP contribution in [0.25, 0.3) is 16.9 Å². The van der Waals surface area contributed by atoms with Crippen LogP contribution < -0.4 is 0 Å². The molecule has 18 heavy (non-hydrogen) atoms. The van der Waals surface area contributed by atoms with Crippen LogP contribution in [0.15, 0.2) is 36.5 Å². The lowest BCUT2D eigenvalue weighted by Gasteiger charge is -2.06. The van der Waals surface area contributed by atoms with E-state index >= 15 is 0 Å². The molecule has 0 aliphatic rings. The van der Waals surface area contributed by atoms with Crippen molar-refractivity contribution in [2.24, 2.45) is 0 Å². The Morgan fingerprint density at radius 1 is 1.17 bits per heavy atom. The van der Waals surface area contributed by atoms with Crippen LogP contribution >= 0.6 is 0 Å². The fraction of sp³-hybridized carbons (Fsp3) is 0.143. The van der Waals surface area contributed by atoms with Crippen LogP contribution in [0.4, 0.5) is 0 Å². The summed E-state index contributed by atoms with van der Waals surface area (Å²) in [5.74, 6) is 0.242. The smallest absolute Gasteiger partial charge is 0.158 e. The van der Waals surface area contributed by atoms with E-state index < -0.39 is 0 Å². The third-order valence-electron chi connectivity index (χ3n) is 3.01. The molecular formula is C14H13N3O. The van der Waals surface area contributed by atoms with Crippen molar-refractivity contribution in [3.05, 3.63) is 47.8 Å². The average Bonchev–Trinajstić information content (AvgIpc) is 2.72. The van der Waals surface area contributed by atoms with E-state index in [0.717, 1.165) is 28.2 Å². The van der Waals surface area contributed by atoms with E-state index in [0.29, 0.717) is 0 Å². The van der Waals surface area contributed by atoms with Crippen molar-refractivity contribution in [2.45, 2.75) is 13.8 Å². The summed E-state index contributed by atoms with van der Waals surface area (Å²) < 4.78 is 1.80. The minimum Gasteiger partial charge on any atom is -0.507 e. The third-order valence-corrected chi connectivity index (χ3v) is 3.01. The Morgan fingerprint density at radius 3 is 2.72 bits per heavy atom. The van der Waals surface area contributed by atoms with Crippen LogP contribution in [-0.2, 0) is 0 Å². The van der Waals surface area contributed by atoms with Gasteiger partial charge in [-0.25, -0.2) is 9.50 Å². The summed E-state index contributed by atoms with van der Waals surface area (Å²) in [5, 5.41) is 14.2. The molecule has 4 nitrogen and oxygen atoms in total. The SMILES string of the molecule is Cc1cnn2c(C)cc(-c3ccccc3O)nc12. The number of aromatic hydroxyl groups is 1. The lowest BCUT2D eigenvalue weighted by Crippen LogP contribution is -1.98. The maximum absolute atomic E-state index is 9.88. The number of nitrogens with zero attached hydrogens (tertiary/aromatic N) is 3. The third kappa shape index (κ3) is 1.54. The molecule has 0 fully saturated rings. The molecule has 0 saturated heterocycles. The van der Waals surface area contributed by atoms with Crippen LogP contribution in [0.5, 0.6) is 5.75 Å². The Bertz CT molecular complexity index is 731. The molecular weight excluding hydrogens is 226 g/mol. The highest BCUT2D eigenvalue weighted by Gasteiger charge is 2.10. The maximum Gasteiger partial charge on any atom is 0.158 e. The fourth-order valence-corrected chi connectivity index (χ4v) is 2.05. The van der Waals surface area contributed by atoms with Gasteiger partial charge in [-0.2, -0.15) is 5.10 Å². The number of aryl methyl sites for hydroxylation is 2. The second kappa shape index (κ2) is 3.84. The van der Waals surface area contributed by atoms with Crippen molar-refractivity contribution in [2.75, 3.05) is 0 Å². The van der Waals surface area contributed by atoms with E-state index in [1.165, 1.54) is 0 Å². The Kier molecular flexibility index (Phi) is 2.30. The number of para-hydroxylation sites is 1. The van der Waals surface area contributed by atoms with E-state index in [2.05, 4.69) is 10.1 Å². The number of rotatable bonds is 1. The molecule has 1 aromatic carbocycles. The number of aromatic nitrogens is 3. The molecule has 2 heterocycles. The Morgan fingerprint density at radius 2 is 1.94 bits per heavy atom. The van der Waals surface area contributed by atoms with Crippen molar-refractivity contribution >= 4 is 5.65 Å². The van der Waals surface area contributed by atoms with Gasteiger partial charge >= 0.3 is 0 Å². The second-order valence-electron chi connectivity index (χ2n) is 4.36. The van der Waals surface area contributed by atoms with Gasteiger partial charge in [0.1, 0.15) is 5.75 Å². The minimum absolute atomic E-state index is 0.242. The standard InChI is InChI=1S/C14H13N3O/c1-9-8-15-17-10(2)7-12(16-14(9)17)11-5-3-4-6-13(11)18/h3-8,18H,1-2H3. The van der Waals surface area contributed by atoms with Crippen molar-refractivity contribution in [3.63, 3.8) is 0 Å². The quantitative estimate of drug-likeness (QED) is 0.710. The molecule has 0 atom stereocenters. The molecule has 0 bridgehead atoms. The van der Waals surface area contributed by atoms with Gasteiger partial charge < -0.3 is 5.11 Å². The highest BCUT2D eigenvalue weighted by Crippen LogP contribution is 2.28. The predicted octanol–water partition coefficient (Wildman–Crippen LogP) is 2.72. The van der Waals surface area contributed by atoms with E-state index in [1.807, 2.05) is 32.0 Å². The summed E-state index contributed by atoms with van der Waals surface area (Å²) in [5.41, 5.74) is 4.35. The highest BCUT2D eigenvalue weighted by atomic mass is 16.3. The van der Waals surface area contributed by atoms with E-state index in [-0.39, 0.29) is 5.75 Å². The van der Waals surface area contributed by atoms with Crippen molar-refractivity contribution < 1.29 is 5.11 Å². The largest absolute Gasteiger partial charge is 0.507 e. The molecule has 0 aliphatic carbocycles. The van der Waals surface area contributed by atoms with Crippen LogP contribution in [0, 0.1) is 13.8 Å². The van der Waals surface area contributed by atoms with Gasteiger partial charge in [0.25, 0.3) is 0 Å². The zero-order valence-electron chi connectivity index (χ0n) is 10.3. The van der Waals surface area contributed by atoms with E-state index in [9.17, 15) is 5.11 Å². The molecule has 3 rings (SSSR count). The monoisotopic (exact) mass is 239 g/mol. The summed E-state index contributed by atoms with van der Waals surface area (Å²) in [7, 11) is 0. The molecule has 0 unspecified atom stereocenters. The number of phenolic OH excluding ortho intramolecular Hbond substituents is 1. The molecule has 90 valence electrons. The van der Waals surface area contributed by atoms with Gasteiger partial charge in [0.15, 0.2) is 5.65 Å². The van der Waals surface area contributed by atoms with Gasteiger partial charge in [-0.05, 0) is 32.0 Å². The zero-order chi connectivity index (χ0) is 12.7. The number of hydrogen-bond acceptors (Lipinski definition) is 3. The highest BCUT2D eigenvalue weighted by molar-refractivity contribution is 5.69. The molecule has 0 amide bonds. The normalized spacial score (nSPS) is 11.0. The summed E-state index contributed by atoms with van der Waals surface area (Å²) in [6.45, 7) is 3.95. The number of hydrogen-bond donors (Lipinski definition) is 1. The summed E-state index contributed by atoms with van der Waals surface area (Å²) in [6.07, 6.45) is 1.80. The van der Waals surface area contributed by atoms with Crippen molar-refractivity contribution in [1.29, 1.82) is 0 Å². The maximum atomic E-state index is 9.88. The first-order chi connectivity index (χ1) is 8.66. The van der Waals surface area contributed by atoms with Gasteiger partial charge in [0, 0.05) is 16.8 Å². The number of fused-ring (bicyclic) bond motifs is 1. The first-order valence-electron chi connectivity index (χ1n) is 5.77. The summed E-state index contributed by atoms with van der Waals surface area (Å²) in [4.78, 5) is 4.57. The Labute approximate surface area is 105 Å². The average molecular weight is 239 g/mol. The second-order valence-corrected chi connectivity index (χ2v) is 4.36. The zero-order valence-corrected chi connectivity index (χ0v) is 10.3. The predicted molar refractivity (Wildman–Crippen MR) is 69.6 cm³/mol.